The van der Waals surface area contributed by atoms with E-state index >= 15 is 0 Å². The molecule has 0 fully saturated rings. The van der Waals surface area contributed by atoms with Crippen LogP contribution in [0.3, 0.4) is 0 Å². The predicted octanol–water partition coefficient (Wildman–Crippen LogP) is 3.35. The van der Waals surface area contributed by atoms with Gasteiger partial charge in [-0.25, -0.2) is 0 Å². The Hall–Kier alpha value is -2.92. The highest BCUT2D eigenvalue weighted by molar-refractivity contribution is 5.95. The standard InChI is InChI=1S/C24H30N2O3/c1-17(26-22(28)15-10-18-8-6-5-7-9-18)23(29)25-16-21(27)19-11-13-20(14-12-19)24(2,3)4/h5-15,17,21,27H,16H2,1-4H3,(H,25,29)(H,26,28)/b15-10+. The molecule has 2 aromatic carbocycles. The summed E-state index contributed by atoms with van der Waals surface area (Å²) in [6.07, 6.45) is 2.27. The molecule has 0 aromatic heterocycles. The van der Waals surface area contributed by atoms with Crippen LogP contribution in [0.15, 0.2) is 60.7 Å². The smallest absolute Gasteiger partial charge is 0.244 e. The molecular weight excluding hydrogens is 364 g/mol. The zero-order valence-electron chi connectivity index (χ0n) is 17.5. The molecule has 2 atom stereocenters. The lowest BCUT2D eigenvalue weighted by molar-refractivity contribution is -0.126. The summed E-state index contributed by atoms with van der Waals surface area (Å²) in [6.45, 7) is 8.07. The highest BCUT2D eigenvalue weighted by Gasteiger charge is 2.17. The summed E-state index contributed by atoms with van der Waals surface area (Å²) in [7, 11) is 0. The van der Waals surface area contributed by atoms with Gasteiger partial charge in [0, 0.05) is 12.6 Å². The molecule has 0 aliphatic heterocycles. The van der Waals surface area contributed by atoms with E-state index in [1.54, 1.807) is 13.0 Å². The van der Waals surface area contributed by atoms with E-state index in [1.165, 1.54) is 11.6 Å². The summed E-state index contributed by atoms with van der Waals surface area (Å²) in [5, 5.41) is 15.6. The molecule has 0 spiro atoms. The lowest BCUT2D eigenvalue weighted by atomic mass is 9.86. The van der Waals surface area contributed by atoms with E-state index in [0.29, 0.717) is 0 Å². The van der Waals surface area contributed by atoms with Crippen molar-refractivity contribution in [2.24, 2.45) is 0 Å². The molecule has 0 aliphatic rings. The van der Waals surface area contributed by atoms with E-state index in [-0.39, 0.29) is 23.8 Å². The quantitative estimate of drug-likeness (QED) is 0.630. The fraction of sp³-hybridized carbons (Fsp3) is 0.333. The molecule has 2 rings (SSSR count). The van der Waals surface area contributed by atoms with Crippen LogP contribution in [0.1, 0.15) is 50.5 Å². The van der Waals surface area contributed by atoms with E-state index in [0.717, 1.165) is 11.1 Å². The summed E-state index contributed by atoms with van der Waals surface area (Å²) < 4.78 is 0. The zero-order valence-corrected chi connectivity index (χ0v) is 17.5. The molecule has 0 saturated carbocycles. The third kappa shape index (κ3) is 7.20. The van der Waals surface area contributed by atoms with Crippen molar-refractivity contribution in [3.8, 4) is 0 Å². The number of nitrogens with one attached hydrogen (secondary N) is 2. The van der Waals surface area contributed by atoms with Crippen LogP contribution in [0, 0.1) is 0 Å². The largest absolute Gasteiger partial charge is 0.387 e. The van der Waals surface area contributed by atoms with Crippen LogP contribution in [0.2, 0.25) is 0 Å². The summed E-state index contributed by atoms with van der Waals surface area (Å²) >= 11 is 0. The first-order valence-electron chi connectivity index (χ1n) is 9.76. The maximum atomic E-state index is 12.2. The summed E-state index contributed by atoms with van der Waals surface area (Å²) in [4.78, 5) is 24.2. The number of benzene rings is 2. The Morgan fingerprint density at radius 1 is 1.03 bits per heavy atom. The summed E-state index contributed by atoms with van der Waals surface area (Å²) in [6, 6.07) is 16.4. The number of amides is 2. The van der Waals surface area contributed by atoms with Crippen LogP contribution < -0.4 is 10.6 Å². The molecule has 5 nitrogen and oxygen atoms in total. The Morgan fingerprint density at radius 3 is 2.24 bits per heavy atom. The van der Waals surface area contributed by atoms with Gasteiger partial charge < -0.3 is 15.7 Å². The predicted molar refractivity (Wildman–Crippen MR) is 116 cm³/mol. The van der Waals surface area contributed by atoms with E-state index < -0.39 is 12.1 Å². The van der Waals surface area contributed by atoms with Crippen molar-refractivity contribution in [2.45, 2.75) is 45.3 Å². The van der Waals surface area contributed by atoms with Crippen molar-refractivity contribution < 1.29 is 14.7 Å². The first-order chi connectivity index (χ1) is 13.7. The Balaban J connectivity index is 1.81. The van der Waals surface area contributed by atoms with Crippen molar-refractivity contribution in [3.63, 3.8) is 0 Å². The Labute approximate surface area is 172 Å². The highest BCUT2D eigenvalue weighted by Crippen LogP contribution is 2.23. The molecule has 0 saturated heterocycles. The van der Waals surface area contributed by atoms with Crippen molar-refractivity contribution in [2.75, 3.05) is 6.54 Å². The number of carbonyl (C=O) groups is 2. The van der Waals surface area contributed by atoms with Gasteiger partial charge in [0.15, 0.2) is 0 Å². The van der Waals surface area contributed by atoms with Gasteiger partial charge in [-0.3, -0.25) is 9.59 Å². The van der Waals surface area contributed by atoms with Gasteiger partial charge >= 0.3 is 0 Å². The maximum absolute atomic E-state index is 12.2. The average molecular weight is 395 g/mol. The van der Waals surface area contributed by atoms with Gasteiger partial charge in [0.05, 0.1) is 6.10 Å². The average Bonchev–Trinajstić information content (AvgIpc) is 2.70. The van der Waals surface area contributed by atoms with E-state index in [9.17, 15) is 14.7 Å². The van der Waals surface area contributed by atoms with Gasteiger partial charge in [-0.2, -0.15) is 0 Å². The number of aliphatic hydroxyl groups is 1. The zero-order chi connectivity index (χ0) is 21.4. The lowest BCUT2D eigenvalue weighted by Crippen LogP contribution is -2.45. The van der Waals surface area contributed by atoms with Crippen molar-refractivity contribution in [1.29, 1.82) is 0 Å². The van der Waals surface area contributed by atoms with Gasteiger partial charge in [-0.1, -0.05) is 75.4 Å². The number of carbonyl (C=O) groups excluding carboxylic acids is 2. The fourth-order valence-corrected chi connectivity index (χ4v) is 2.74. The minimum absolute atomic E-state index is 0.0420. The lowest BCUT2D eigenvalue weighted by Gasteiger charge is -2.20. The van der Waals surface area contributed by atoms with Crippen molar-refractivity contribution in [1.82, 2.24) is 10.6 Å². The molecule has 0 radical (unpaired) electrons. The molecule has 2 aromatic rings. The topological polar surface area (TPSA) is 78.4 Å². The number of hydrogen-bond acceptors (Lipinski definition) is 3. The molecular formula is C24H30N2O3. The molecule has 0 aliphatic carbocycles. The number of rotatable bonds is 7. The first-order valence-corrected chi connectivity index (χ1v) is 9.76. The second-order valence-electron chi connectivity index (χ2n) is 8.11. The molecule has 29 heavy (non-hydrogen) atoms. The second-order valence-corrected chi connectivity index (χ2v) is 8.11. The van der Waals surface area contributed by atoms with Crippen molar-refractivity contribution >= 4 is 17.9 Å². The van der Waals surface area contributed by atoms with Crippen LogP contribution in [0.5, 0.6) is 0 Å². The summed E-state index contributed by atoms with van der Waals surface area (Å²) in [5.41, 5.74) is 2.86. The van der Waals surface area contributed by atoms with Crippen LogP contribution in [0.25, 0.3) is 6.08 Å². The Morgan fingerprint density at radius 2 is 1.66 bits per heavy atom. The molecule has 5 heteroatoms. The van der Waals surface area contributed by atoms with E-state index in [1.807, 2.05) is 54.6 Å². The second kappa shape index (κ2) is 10.0. The third-order valence-corrected chi connectivity index (χ3v) is 4.61. The fourth-order valence-electron chi connectivity index (χ4n) is 2.74. The van der Waals surface area contributed by atoms with Crippen LogP contribution in [-0.2, 0) is 15.0 Å². The van der Waals surface area contributed by atoms with Crippen LogP contribution in [-0.4, -0.2) is 29.5 Å². The van der Waals surface area contributed by atoms with E-state index in [4.69, 9.17) is 0 Å². The number of hydrogen-bond donors (Lipinski definition) is 3. The molecule has 154 valence electrons. The Kier molecular flexibility index (Phi) is 7.74. The van der Waals surface area contributed by atoms with Crippen LogP contribution >= 0.6 is 0 Å². The highest BCUT2D eigenvalue weighted by atomic mass is 16.3. The molecule has 2 unspecified atom stereocenters. The normalized spacial score (nSPS) is 13.7. The summed E-state index contributed by atoms with van der Waals surface area (Å²) in [5.74, 6) is -0.702. The SMILES string of the molecule is CC(NC(=O)/C=C/c1ccccc1)C(=O)NCC(O)c1ccc(C(C)(C)C)cc1. The van der Waals surface area contributed by atoms with Crippen LogP contribution in [0.4, 0.5) is 0 Å². The molecule has 3 N–H and O–H groups in total. The minimum Gasteiger partial charge on any atom is -0.387 e. The number of aliphatic hydroxyl groups excluding tert-OH is 1. The minimum atomic E-state index is -0.811. The first kappa shape index (κ1) is 22.4. The van der Waals surface area contributed by atoms with E-state index in [2.05, 4.69) is 31.4 Å². The van der Waals surface area contributed by atoms with Gasteiger partial charge in [-0.15, -0.1) is 0 Å². The monoisotopic (exact) mass is 394 g/mol. The van der Waals surface area contributed by atoms with Crippen molar-refractivity contribution in [3.05, 3.63) is 77.4 Å². The Bertz CT molecular complexity index is 837. The van der Waals surface area contributed by atoms with Gasteiger partial charge in [0.25, 0.3) is 0 Å². The van der Waals surface area contributed by atoms with Gasteiger partial charge in [0.2, 0.25) is 11.8 Å². The molecule has 2 amide bonds. The third-order valence-electron chi connectivity index (χ3n) is 4.61. The van der Waals surface area contributed by atoms with Gasteiger partial charge in [-0.05, 0) is 35.1 Å². The molecule has 0 heterocycles. The maximum Gasteiger partial charge on any atom is 0.244 e. The van der Waals surface area contributed by atoms with Gasteiger partial charge in [0.1, 0.15) is 6.04 Å². The molecule has 0 bridgehead atoms.